The van der Waals surface area contributed by atoms with Gasteiger partial charge in [-0.15, -0.1) is 11.3 Å². The van der Waals surface area contributed by atoms with Gasteiger partial charge in [0.25, 0.3) is 0 Å². The lowest BCUT2D eigenvalue weighted by Crippen LogP contribution is -2.13. The van der Waals surface area contributed by atoms with Crippen LogP contribution in [0.25, 0.3) is 0 Å². The molecule has 4 nitrogen and oxygen atoms in total. The Labute approximate surface area is 155 Å². The van der Waals surface area contributed by atoms with Crippen LogP contribution < -0.4 is 15.4 Å². The average Bonchev–Trinajstić information content (AvgIpc) is 3.10. The molecule has 0 atom stereocenters. The fraction of sp³-hybridized carbons (Fsp3) is 0.105. The maximum absolute atomic E-state index is 12.0. The van der Waals surface area contributed by atoms with Gasteiger partial charge in [-0.3, -0.25) is 4.79 Å². The predicted molar refractivity (Wildman–Crippen MR) is 104 cm³/mol. The summed E-state index contributed by atoms with van der Waals surface area (Å²) in [6, 6.07) is 16.8. The Hall–Kier alpha value is -2.50. The average molecular weight is 373 g/mol. The summed E-state index contributed by atoms with van der Waals surface area (Å²) in [4.78, 5) is 13.1. The Morgan fingerprint density at radius 1 is 1.12 bits per heavy atom. The molecule has 1 amide bonds. The topological polar surface area (TPSA) is 50.4 Å². The Morgan fingerprint density at radius 3 is 2.56 bits per heavy atom. The number of carbonyl (C=O) groups excluding carboxylic acids is 1. The molecule has 1 aromatic heterocycles. The van der Waals surface area contributed by atoms with E-state index in [4.69, 9.17) is 16.3 Å². The molecule has 0 fully saturated rings. The molecule has 0 saturated heterocycles. The first-order chi connectivity index (χ1) is 12.1. The molecule has 0 unspecified atom stereocenters. The molecular weight excluding hydrogens is 356 g/mol. The molecule has 2 aromatic carbocycles. The van der Waals surface area contributed by atoms with Gasteiger partial charge in [-0.2, -0.15) is 0 Å². The normalized spacial score (nSPS) is 10.3. The van der Waals surface area contributed by atoms with Crippen LogP contribution in [0.1, 0.15) is 4.88 Å². The van der Waals surface area contributed by atoms with E-state index in [9.17, 15) is 4.79 Å². The van der Waals surface area contributed by atoms with E-state index in [-0.39, 0.29) is 5.91 Å². The van der Waals surface area contributed by atoms with Crippen molar-refractivity contribution in [1.82, 2.24) is 0 Å². The molecule has 6 heteroatoms. The number of carbonyl (C=O) groups is 1. The highest BCUT2D eigenvalue weighted by atomic mass is 35.5. The van der Waals surface area contributed by atoms with Crippen LogP contribution in [-0.4, -0.2) is 13.0 Å². The maximum atomic E-state index is 12.0. The number of rotatable bonds is 6. The van der Waals surface area contributed by atoms with Gasteiger partial charge < -0.3 is 15.4 Å². The molecule has 0 aliphatic heterocycles. The molecular formula is C19H17ClN2O2S. The van der Waals surface area contributed by atoms with Crippen LogP contribution >= 0.6 is 22.9 Å². The lowest BCUT2D eigenvalue weighted by atomic mass is 10.2. The van der Waals surface area contributed by atoms with E-state index in [2.05, 4.69) is 10.6 Å². The molecule has 0 radical (unpaired) electrons. The highest BCUT2D eigenvalue weighted by molar-refractivity contribution is 7.10. The third-order valence-electron chi connectivity index (χ3n) is 3.52. The van der Waals surface area contributed by atoms with Crippen molar-refractivity contribution < 1.29 is 9.53 Å². The van der Waals surface area contributed by atoms with Gasteiger partial charge in [-0.1, -0.05) is 17.7 Å². The second-order valence-corrected chi connectivity index (χ2v) is 6.82. The standard InChI is InChI=1S/C19H17ClN2O2S/c1-24-18-9-4-13(20)11-17(18)21-14-5-7-15(8-6-14)22-19(23)12-16-3-2-10-25-16/h2-11,21H,12H2,1H3,(H,22,23). The zero-order chi connectivity index (χ0) is 17.6. The van der Waals surface area contributed by atoms with E-state index in [1.807, 2.05) is 47.8 Å². The van der Waals surface area contributed by atoms with Crippen molar-refractivity contribution in [3.05, 3.63) is 69.9 Å². The van der Waals surface area contributed by atoms with E-state index in [0.717, 1.165) is 21.9 Å². The van der Waals surface area contributed by atoms with Crippen molar-refractivity contribution in [1.29, 1.82) is 0 Å². The Kier molecular flexibility index (Phi) is 5.58. The predicted octanol–water partition coefficient (Wildman–Crippen LogP) is 5.33. The second-order valence-electron chi connectivity index (χ2n) is 5.35. The zero-order valence-corrected chi connectivity index (χ0v) is 15.2. The number of hydrogen-bond donors (Lipinski definition) is 2. The number of nitrogens with one attached hydrogen (secondary N) is 2. The van der Waals surface area contributed by atoms with Crippen molar-refractivity contribution in [2.24, 2.45) is 0 Å². The first-order valence-electron chi connectivity index (χ1n) is 7.67. The summed E-state index contributed by atoms with van der Waals surface area (Å²) < 4.78 is 5.32. The highest BCUT2D eigenvalue weighted by Crippen LogP contribution is 2.30. The zero-order valence-electron chi connectivity index (χ0n) is 13.6. The van der Waals surface area contributed by atoms with Gasteiger partial charge in [0.2, 0.25) is 5.91 Å². The third kappa shape index (κ3) is 4.75. The van der Waals surface area contributed by atoms with Crippen LogP contribution in [-0.2, 0) is 11.2 Å². The molecule has 25 heavy (non-hydrogen) atoms. The van der Waals surface area contributed by atoms with Crippen molar-refractivity contribution in [2.75, 3.05) is 17.7 Å². The summed E-state index contributed by atoms with van der Waals surface area (Å²) in [5.41, 5.74) is 2.41. The van der Waals surface area contributed by atoms with Crippen molar-refractivity contribution >= 4 is 45.9 Å². The summed E-state index contributed by atoms with van der Waals surface area (Å²) in [6.07, 6.45) is 0.386. The van der Waals surface area contributed by atoms with Crippen LogP contribution in [0.3, 0.4) is 0 Å². The van der Waals surface area contributed by atoms with Crippen LogP contribution in [0.5, 0.6) is 5.75 Å². The number of ether oxygens (including phenoxy) is 1. The minimum Gasteiger partial charge on any atom is -0.495 e. The Balaban J connectivity index is 1.64. The van der Waals surface area contributed by atoms with Gasteiger partial charge in [0.05, 0.1) is 19.2 Å². The van der Waals surface area contributed by atoms with Crippen molar-refractivity contribution in [3.8, 4) is 5.75 Å². The van der Waals surface area contributed by atoms with Gasteiger partial charge in [0.15, 0.2) is 0 Å². The van der Waals surface area contributed by atoms with Crippen LogP contribution in [0, 0.1) is 0 Å². The fourth-order valence-electron chi connectivity index (χ4n) is 2.35. The first kappa shape index (κ1) is 17.3. The number of hydrogen-bond acceptors (Lipinski definition) is 4. The summed E-state index contributed by atoms with van der Waals surface area (Å²) >= 11 is 7.62. The molecule has 3 aromatic rings. The summed E-state index contributed by atoms with van der Waals surface area (Å²) in [7, 11) is 1.61. The Bertz CT molecular complexity index is 848. The molecule has 0 saturated carbocycles. The maximum Gasteiger partial charge on any atom is 0.229 e. The molecule has 0 spiro atoms. The lowest BCUT2D eigenvalue weighted by molar-refractivity contribution is -0.115. The van der Waals surface area contributed by atoms with Gasteiger partial charge in [0, 0.05) is 21.3 Å². The third-order valence-corrected chi connectivity index (χ3v) is 4.64. The second kappa shape index (κ2) is 8.05. The number of methoxy groups -OCH3 is 1. The number of halogens is 1. The van der Waals surface area contributed by atoms with Crippen molar-refractivity contribution in [2.45, 2.75) is 6.42 Å². The molecule has 1 heterocycles. The Morgan fingerprint density at radius 2 is 1.88 bits per heavy atom. The summed E-state index contributed by atoms with van der Waals surface area (Å²) in [5, 5.41) is 8.75. The highest BCUT2D eigenvalue weighted by Gasteiger charge is 2.07. The minimum absolute atomic E-state index is 0.0281. The minimum atomic E-state index is -0.0281. The number of anilines is 3. The fourth-order valence-corrected chi connectivity index (χ4v) is 3.22. The van der Waals surface area contributed by atoms with Gasteiger partial charge in [0.1, 0.15) is 5.75 Å². The molecule has 0 aliphatic rings. The molecule has 0 bridgehead atoms. The molecule has 128 valence electrons. The molecule has 0 aliphatic carbocycles. The van der Waals surface area contributed by atoms with Gasteiger partial charge in [-0.25, -0.2) is 0 Å². The van der Waals surface area contributed by atoms with Crippen LogP contribution in [0.4, 0.5) is 17.1 Å². The number of benzene rings is 2. The largest absolute Gasteiger partial charge is 0.495 e. The van der Waals surface area contributed by atoms with E-state index in [0.29, 0.717) is 17.2 Å². The smallest absolute Gasteiger partial charge is 0.229 e. The quantitative estimate of drug-likeness (QED) is 0.614. The van der Waals surface area contributed by atoms with Crippen LogP contribution in [0.2, 0.25) is 5.02 Å². The van der Waals surface area contributed by atoms with Crippen molar-refractivity contribution in [3.63, 3.8) is 0 Å². The van der Waals surface area contributed by atoms with E-state index in [1.165, 1.54) is 0 Å². The van der Waals surface area contributed by atoms with E-state index in [1.54, 1.807) is 30.6 Å². The molecule has 3 rings (SSSR count). The van der Waals surface area contributed by atoms with E-state index < -0.39 is 0 Å². The molecule has 2 N–H and O–H groups in total. The van der Waals surface area contributed by atoms with Gasteiger partial charge >= 0.3 is 0 Å². The number of amides is 1. The first-order valence-corrected chi connectivity index (χ1v) is 8.92. The lowest BCUT2D eigenvalue weighted by Gasteiger charge is -2.12. The number of thiophene rings is 1. The SMILES string of the molecule is COc1ccc(Cl)cc1Nc1ccc(NC(=O)Cc2cccs2)cc1. The van der Waals surface area contributed by atoms with Crippen LogP contribution in [0.15, 0.2) is 60.0 Å². The summed E-state index contributed by atoms with van der Waals surface area (Å²) in [6.45, 7) is 0. The monoisotopic (exact) mass is 372 g/mol. The van der Waals surface area contributed by atoms with E-state index >= 15 is 0 Å². The van der Waals surface area contributed by atoms with Gasteiger partial charge in [-0.05, 0) is 53.9 Å². The summed E-state index contributed by atoms with van der Waals surface area (Å²) in [5.74, 6) is 0.678.